The topological polar surface area (TPSA) is 51.2 Å². The van der Waals surface area contributed by atoms with E-state index in [-0.39, 0.29) is 6.09 Å². The summed E-state index contributed by atoms with van der Waals surface area (Å²) in [5.74, 6) is 1.65. The molecular weight excluding hydrogens is 620 g/mol. The molecule has 50 heavy (non-hydrogen) atoms. The number of ether oxygens (including phenoxy) is 3. The molecule has 4 aromatic carbocycles. The smallest absolute Gasteiger partial charge is 0.410 e. The van der Waals surface area contributed by atoms with Crippen molar-refractivity contribution in [1.29, 1.82) is 0 Å². The highest BCUT2D eigenvalue weighted by Gasteiger charge is 2.39. The van der Waals surface area contributed by atoms with Crippen LogP contribution in [0.1, 0.15) is 82.6 Å². The fourth-order valence-corrected chi connectivity index (χ4v) is 7.31. The fourth-order valence-electron chi connectivity index (χ4n) is 7.31. The molecule has 0 N–H and O–H groups in total. The standard InChI is InChI=1S/C42H46N2O4.C2H6/c1-41(2,3)48-40(45)44-26-22-42(23-27-44)20-24-43(25-21-42)34-16-14-33(15-17-34)39-36-19-18-35(46-29-31-10-6-4-7-11-31)28-38(36)47-30-37(39)32-12-8-5-9-13-32;1-2/h4-19,28H,20-27,29-30H2,1-3H3;1-2H3. The van der Waals surface area contributed by atoms with Crippen LogP contribution in [0.15, 0.2) is 103 Å². The Labute approximate surface area is 298 Å². The lowest BCUT2D eigenvalue weighted by molar-refractivity contribution is 0.00665. The Morgan fingerprint density at radius 3 is 2.02 bits per heavy atom. The molecule has 0 radical (unpaired) electrons. The van der Waals surface area contributed by atoms with E-state index in [9.17, 15) is 4.79 Å². The summed E-state index contributed by atoms with van der Waals surface area (Å²) in [6.07, 6.45) is 4.23. The van der Waals surface area contributed by atoms with Crippen molar-refractivity contribution in [2.24, 2.45) is 5.41 Å². The van der Waals surface area contributed by atoms with E-state index in [1.807, 2.05) is 63.8 Å². The Morgan fingerprint density at radius 1 is 0.760 bits per heavy atom. The molecule has 7 rings (SSSR count). The summed E-state index contributed by atoms with van der Waals surface area (Å²) in [4.78, 5) is 17.0. The molecule has 0 atom stereocenters. The Balaban J connectivity index is 0.00000212. The minimum atomic E-state index is -0.456. The van der Waals surface area contributed by atoms with Crippen LogP contribution in [0.25, 0.3) is 11.1 Å². The summed E-state index contributed by atoms with van der Waals surface area (Å²) in [7, 11) is 0. The number of hydrogen-bond donors (Lipinski definition) is 0. The lowest BCUT2D eigenvalue weighted by Crippen LogP contribution is -2.49. The second-order valence-electron chi connectivity index (χ2n) is 14.4. The van der Waals surface area contributed by atoms with Crippen LogP contribution >= 0.6 is 0 Å². The summed E-state index contributed by atoms with van der Waals surface area (Å²) in [5.41, 5.74) is 8.09. The molecule has 4 aromatic rings. The van der Waals surface area contributed by atoms with Crippen molar-refractivity contribution < 1.29 is 19.0 Å². The van der Waals surface area contributed by atoms with Crippen molar-refractivity contribution in [2.75, 3.05) is 37.7 Å². The first-order valence-corrected chi connectivity index (χ1v) is 18.3. The molecule has 1 amide bonds. The van der Waals surface area contributed by atoms with Crippen LogP contribution in [0, 0.1) is 5.41 Å². The highest BCUT2D eigenvalue weighted by Crippen LogP contribution is 2.45. The molecule has 6 nitrogen and oxygen atoms in total. The quantitative estimate of drug-likeness (QED) is 0.204. The van der Waals surface area contributed by atoms with Crippen LogP contribution in [-0.4, -0.2) is 49.4 Å². The van der Waals surface area contributed by atoms with Gasteiger partial charge in [0, 0.05) is 49.1 Å². The van der Waals surface area contributed by atoms with Crippen LogP contribution < -0.4 is 14.4 Å². The Hall–Kier alpha value is -4.71. The maximum Gasteiger partial charge on any atom is 0.410 e. The lowest BCUT2D eigenvalue weighted by Gasteiger charge is -2.47. The van der Waals surface area contributed by atoms with Crippen LogP contribution in [0.5, 0.6) is 11.5 Å². The summed E-state index contributed by atoms with van der Waals surface area (Å²) in [5, 5.41) is 0. The van der Waals surface area contributed by atoms with Crippen LogP contribution in [0.4, 0.5) is 10.5 Å². The van der Waals surface area contributed by atoms with Gasteiger partial charge in [-0.3, -0.25) is 0 Å². The maximum absolute atomic E-state index is 12.6. The van der Waals surface area contributed by atoms with E-state index in [2.05, 4.69) is 83.8 Å². The number of benzene rings is 4. The molecule has 0 unspecified atom stereocenters. The monoisotopic (exact) mass is 672 g/mol. The fraction of sp³-hybridized carbons (Fsp3) is 0.386. The Kier molecular flexibility index (Phi) is 10.9. The third kappa shape index (κ3) is 8.18. The number of hydrogen-bond acceptors (Lipinski definition) is 5. The zero-order valence-electron chi connectivity index (χ0n) is 30.4. The van der Waals surface area contributed by atoms with Gasteiger partial charge >= 0.3 is 6.09 Å². The van der Waals surface area contributed by atoms with Gasteiger partial charge in [-0.15, -0.1) is 0 Å². The Bertz CT molecular complexity index is 1740. The first-order valence-electron chi connectivity index (χ1n) is 18.3. The number of amides is 1. The molecule has 262 valence electrons. The van der Waals surface area contributed by atoms with Gasteiger partial charge in [0.2, 0.25) is 0 Å². The third-order valence-electron chi connectivity index (χ3n) is 10.1. The number of fused-ring (bicyclic) bond motifs is 1. The van der Waals surface area contributed by atoms with Gasteiger partial charge in [-0.25, -0.2) is 4.79 Å². The molecular formula is C44H52N2O4. The van der Waals surface area contributed by atoms with Gasteiger partial charge in [-0.2, -0.15) is 0 Å². The van der Waals surface area contributed by atoms with Crippen LogP contribution in [-0.2, 0) is 11.3 Å². The largest absolute Gasteiger partial charge is 0.489 e. The summed E-state index contributed by atoms with van der Waals surface area (Å²) >= 11 is 0. The minimum Gasteiger partial charge on any atom is -0.489 e. The van der Waals surface area contributed by atoms with Crippen molar-refractivity contribution in [3.63, 3.8) is 0 Å². The van der Waals surface area contributed by atoms with Crippen LogP contribution in [0.3, 0.4) is 0 Å². The van der Waals surface area contributed by atoms with Gasteiger partial charge in [-0.1, -0.05) is 86.6 Å². The van der Waals surface area contributed by atoms with E-state index in [0.717, 1.165) is 74.5 Å². The lowest BCUT2D eigenvalue weighted by atomic mass is 9.71. The molecule has 0 saturated carbocycles. The number of nitrogens with zero attached hydrogens (tertiary/aromatic N) is 2. The molecule has 2 saturated heterocycles. The molecule has 3 aliphatic rings. The van der Waals surface area contributed by atoms with Gasteiger partial charge in [-0.05, 0) is 98.4 Å². The highest BCUT2D eigenvalue weighted by molar-refractivity contribution is 6.01. The molecule has 2 fully saturated rings. The van der Waals surface area contributed by atoms with E-state index >= 15 is 0 Å². The predicted molar refractivity (Wildman–Crippen MR) is 204 cm³/mol. The molecule has 3 heterocycles. The van der Waals surface area contributed by atoms with Crippen LogP contribution in [0.2, 0.25) is 0 Å². The van der Waals surface area contributed by atoms with E-state index in [1.165, 1.54) is 28.0 Å². The second kappa shape index (κ2) is 15.5. The van der Waals surface area contributed by atoms with Gasteiger partial charge in [0.15, 0.2) is 0 Å². The minimum absolute atomic E-state index is 0.176. The Morgan fingerprint density at radius 2 is 1.38 bits per heavy atom. The summed E-state index contributed by atoms with van der Waals surface area (Å²) < 4.78 is 18.1. The van der Waals surface area contributed by atoms with Crippen molar-refractivity contribution in [3.05, 3.63) is 125 Å². The second-order valence-corrected chi connectivity index (χ2v) is 14.4. The van der Waals surface area contributed by atoms with Gasteiger partial charge in [0.1, 0.15) is 30.3 Å². The number of carbonyl (C=O) groups excluding carboxylic acids is 1. The molecule has 0 bridgehead atoms. The SMILES string of the molecule is CC.CC(C)(C)OC(=O)N1CCC2(CC1)CCN(c1ccc(C3=C(c4ccccc4)COc4cc(OCc5ccccc5)ccc43)cc1)CC2. The zero-order chi connectivity index (χ0) is 35.1. The van der Waals surface area contributed by atoms with Crippen molar-refractivity contribution >= 4 is 22.9 Å². The average Bonchev–Trinajstić information content (AvgIpc) is 3.15. The van der Waals surface area contributed by atoms with Gasteiger partial charge in [0.25, 0.3) is 0 Å². The zero-order valence-corrected chi connectivity index (χ0v) is 30.4. The molecule has 0 aliphatic carbocycles. The molecule has 3 aliphatic heterocycles. The van der Waals surface area contributed by atoms with Gasteiger partial charge < -0.3 is 24.0 Å². The molecule has 0 aromatic heterocycles. The maximum atomic E-state index is 12.6. The summed E-state index contributed by atoms with van der Waals surface area (Å²) in [6, 6.07) is 36.1. The number of rotatable bonds is 6. The average molecular weight is 673 g/mol. The normalized spacial score (nSPS) is 16.9. The van der Waals surface area contributed by atoms with Crippen molar-refractivity contribution in [1.82, 2.24) is 4.90 Å². The van der Waals surface area contributed by atoms with E-state index < -0.39 is 5.60 Å². The number of piperidine rings is 2. The van der Waals surface area contributed by atoms with Crippen molar-refractivity contribution in [2.45, 2.75) is 72.5 Å². The third-order valence-corrected chi connectivity index (χ3v) is 10.1. The van der Waals surface area contributed by atoms with E-state index in [4.69, 9.17) is 14.2 Å². The van der Waals surface area contributed by atoms with E-state index in [1.54, 1.807) is 0 Å². The predicted octanol–water partition coefficient (Wildman–Crippen LogP) is 10.3. The number of carbonyl (C=O) groups is 1. The summed E-state index contributed by atoms with van der Waals surface area (Å²) in [6.45, 7) is 14.4. The molecule has 1 spiro atoms. The first kappa shape index (κ1) is 35.1. The first-order chi connectivity index (χ1) is 24.3. The number of likely N-dealkylation sites (tertiary alicyclic amines) is 1. The van der Waals surface area contributed by atoms with E-state index in [0.29, 0.717) is 18.6 Å². The van der Waals surface area contributed by atoms with Gasteiger partial charge in [0.05, 0.1) is 0 Å². The van der Waals surface area contributed by atoms with Crippen molar-refractivity contribution in [3.8, 4) is 11.5 Å². The number of anilines is 1. The highest BCUT2D eigenvalue weighted by atomic mass is 16.6. The molecule has 6 heteroatoms.